The lowest BCUT2D eigenvalue weighted by molar-refractivity contribution is -0.110. The molecule has 4 rings (SSSR count). The molecule has 0 radical (unpaired) electrons. The van der Waals surface area contributed by atoms with Gasteiger partial charge in [0.2, 0.25) is 0 Å². The molecular weight excluding hydrogens is 600 g/mol. The minimum Gasteiger partial charge on any atom is -0.507 e. The quantitative estimate of drug-likeness (QED) is 0.215. The van der Waals surface area contributed by atoms with Crippen LogP contribution in [0.1, 0.15) is 0 Å². The van der Waals surface area contributed by atoms with E-state index < -0.39 is 8.07 Å². The van der Waals surface area contributed by atoms with E-state index in [1.54, 1.807) is 29.6 Å². The van der Waals surface area contributed by atoms with Crippen molar-refractivity contribution in [2.45, 2.75) is 12.6 Å². The molecule has 3 nitrogen and oxygen atoms in total. The number of phenolic OH excluding ortho intramolecular Hbond substituents is 1. The molecule has 0 bridgehead atoms. The fourth-order valence-electron chi connectivity index (χ4n) is 3.77. The third kappa shape index (κ3) is 3.12. The maximum Gasteiger partial charge on any atom is 0.178 e. The third-order valence-corrected chi connectivity index (χ3v) is 13.7. The van der Waals surface area contributed by atoms with Crippen LogP contribution in [0.5, 0.6) is 5.75 Å². The number of rotatable bonds is 3. The molecule has 0 saturated heterocycles. The van der Waals surface area contributed by atoms with Gasteiger partial charge in [0.05, 0.1) is 14.3 Å². The molecule has 1 aromatic carbocycles. The van der Waals surface area contributed by atoms with E-state index in [1.807, 2.05) is 18.2 Å². The summed E-state index contributed by atoms with van der Waals surface area (Å²) in [6.45, 7) is 6.22. The van der Waals surface area contributed by atoms with Gasteiger partial charge in [0.25, 0.3) is 0 Å². The van der Waals surface area contributed by atoms with Crippen LogP contribution in [-0.2, 0) is 4.79 Å². The zero-order chi connectivity index (χ0) is 19.3. The second-order valence-corrected chi connectivity index (χ2v) is 14.8. The van der Waals surface area contributed by atoms with Crippen LogP contribution < -0.4 is 5.19 Å². The number of benzene rings is 1. The molecule has 0 saturated carbocycles. The van der Waals surface area contributed by atoms with Crippen LogP contribution in [0.4, 0.5) is 5.69 Å². The fraction of sp³-hybridized carbons (Fsp3) is 0.100. The predicted octanol–water partition coefficient (Wildman–Crippen LogP) is 5.49. The van der Waals surface area contributed by atoms with E-state index in [1.165, 1.54) is 6.45 Å². The van der Waals surface area contributed by atoms with E-state index in [0.29, 0.717) is 0 Å². The molecule has 1 N–H and O–H groups in total. The summed E-state index contributed by atoms with van der Waals surface area (Å²) in [5.74, 6) is 0.264. The van der Waals surface area contributed by atoms with Gasteiger partial charge in [-0.25, -0.2) is 4.99 Å². The average molecular weight is 615 g/mol. The molecule has 1 atom stereocenters. The zero-order valence-electron chi connectivity index (χ0n) is 14.4. The number of allylic oxidation sites excluding steroid dienone is 5. The number of aliphatic imine (C=N–C) groups is 1. The summed E-state index contributed by atoms with van der Waals surface area (Å²) in [7, 11) is -2.35. The van der Waals surface area contributed by atoms with E-state index in [9.17, 15) is 9.90 Å². The summed E-state index contributed by atoms with van der Waals surface area (Å²) in [5, 5.41) is 12.9. The van der Waals surface area contributed by atoms with Crippen molar-refractivity contribution < 1.29 is 9.90 Å². The van der Waals surface area contributed by atoms with E-state index in [2.05, 4.69) is 64.4 Å². The number of aromatic hydroxyl groups is 1. The first-order valence-electron chi connectivity index (χ1n) is 8.31. The number of halogens is 2. The number of hydrogen-bond donors (Lipinski definition) is 1. The van der Waals surface area contributed by atoms with Gasteiger partial charge in [-0.2, -0.15) is 0 Å². The van der Waals surface area contributed by atoms with Crippen LogP contribution in [0.25, 0.3) is 10.4 Å². The van der Waals surface area contributed by atoms with Gasteiger partial charge in [0, 0.05) is 14.0 Å². The van der Waals surface area contributed by atoms with E-state index in [-0.39, 0.29) is 11.5 Å². The SMILES string of the molecule is C=CC[Si]1(C)C2=CC(=O)C=CC2=Nc2ccc(O)c(-c3cc(I)c(I)s3)c21. The lowest BCUT2D eigenvalue weighted by Crippen LogP contribution is -2.52. The van der Waals surface area contributed by atoms with Crippen LogP contribution in [0, 0.1) is 6.45 Å². The van der Waals surface area contributed by atoms with Crippen molar-refractivity contribution in [3.8, 4) is 16.2 Å². The summed E-state index contributed by atoms with van der Waals surface area (Å²) in [6, 6.07) is 6.51. The molecule has 2 heterocycles. The first kappa shape index (κ1) is 19.3. The molecular formula is C20H15I2NO2SSi. The number of nitrogens with zero attached hydrogens (tertiary/aromatic N) is 1. The molecule has 0 spiro atoms. The molecule has 27 heavy (non-hydrogen) atoms. The monoisotopic (exact) mass is 615 g/mol. The normalized spacial score (nSPS) is 20.6. The Hall–Kier alpha value is -1.04. The smallest absolute Gasteiger partial charge is 0.178 e. The molecule has 1 aliphatic heterocycles. The molecule has 0 fully saturated rings. The van der Waals surface area contributed by atoms with Gasteiger partial charge in [0.1, 0.15) is 13.8 Å². The largest absolute Gasteiger partial charge is 0.507 e. The number of fused-ring (bicyclic) bond motifs is 2. The number of carbonyl (C=O) groups is 1. The summed E-state index contributed by atoms with van der Waals surface area (Å²) in [5.41, 5.74) is 2.62. The standard InChI is InChI=1S/C20H15I2NO2SSi/c1-3-8-27(2)17-9-11(24)4-5-13(17)23-14-6-7-15(25)18(19(14)27)16-10-12(21)20(22)26-16/h3-7,9-10,25H,1,8H2,2H3. The minimum absolute atomic E-state index is 0.00268. The Morgan fingerprint density at radius 1 is 1.33 bits per heavy atom. The predicted molar refractivity (Wildman–Crippen MR) is 132 cm³/mol. The summed E-state index contributed by atoms with van der Waals surface area (Å²) in [4.78, 5) is 18.0. The fourth-order valence-corrected chi connectivity index (χ4v) is 10.4. The molecule has 136 valence electrons. The average Bonchev–Trinajstić information content (AvgIpc) is 2.95. The first-order chi connectivity index (χ1) is 12.8. The number of carbonyl (C=O) groups excluding carboxylic acids is 1. The van der Waals surface area contributed by atoms with Gasteiger partial charge in [0.15, 0.2) is 5.78 Å². The van der Waals surface area contributed by atoms with Gasteiger partial charge in [-0.05, 0) is 98.0 Å². The van der Waals surface area contributed by atoms with Gasteiger partial charge in [-0.15, -0.1) is 17.9 Å². The van der Waals surface area contributed by atoms with Crippen LogP contribution in [0.3, 0.4) is 0 Å². The van der Waals surface area contributed by atoms with Crippen LogP contribution in [0.2, 0.25) is 12.6 Å². The lowest BCUT2D eigenvalue weighted by atomic mass is 10.1. The molecule has 1 aromatic heterocycles. The van der Waals surface area contributed by atoms with Crippen molar-refractivity contribution in [3.05, 3.63) is 60.7 Å². The Morgan fingerprint density at radius 3 is 2.78 bits per heavy atom. The van der Waals surface area contributed by atoms with Crippen molar-refractivity contribution >= 4 is 87.0 Å². The first-order valence-corrected chi connectivity index (χ1v) is 14.0. The third-order valence-electron chi connectivity index (χ3n) is 4.96. The summed E-state index contributed by atoms with van der Waals surface area (Å²) in [6.07, 6.45) is 7.05. The second-order valence-electron chi connectivity index (χ2n) is 6.70. The second kappa shape index (κ2) is 7.09. The molecule has 7 heteroatoms. The van der Waals surface area contributed by atoms with Gasteiger partial charge < -0.3 is 5.11 Å². The maximum atomic E-state index is 12.1. The highest BCUT2D eigenvalue weighted by atomic mass is 127. The summed E-state index contributed by atoms with van der Waals surface area (Å²) >= 11 is 6.32. The molecule has 2 aliphatic rings. The van der Waals surface area contributed by atoms with E-state index >= 15 is 0 Å². The van der Waals surface area contributed by atoms with E-state index in [0.717, 1.165) is 38.3 Å². The van der Waals surface area contributed by atoms with Crippen molar-refractivity contribution in [2.75, 3.05) is 0 Å². The Morgan fingerprint density at radius 2 is 2.11 bits per heavy atom. The number of thiophene rings is 1. The highest BCUT2D eigenvalue weighted by Gasteiger charge is 2.43. The number of phenols is 1. The summed E-state index contributed by atoms with van der Waals surface area (Å²) < 4.78 is 2.37. The van der Waals surface area contributed by atoms with Crippen LogP contribution in [0.15, 0.2) is 59.3 Å². The van der Waals surface area contributed by atoms with E-state index in [4.69, 9.17) is 4.99 Å². The van der Waals surface area contributed by atoms with Crippen molar-refractivity contribution in [1.82, 2.24) is 0 Å². The minimum atomic E-state index is -2.35. The van der Waals surface area contributed by atoms with Gasteiger partial charge in [-0.3, -0.25) is 4.79 Å². The van der Waals surface area contributed by atoms with Crippen molar-refractivity contribution in [2.24, 2.45) is 4.99 Å². The maximum absolute atomic E-state index is 12.1. The zero-order valence-corrected chi connectivity index (χ0v) is 20.6. The lowest BCUT2D eigenvalue weighted by Gasteiger charge is -2.37. The number of hydrogen-bond acceptors (Lipinski definition) is 4. The highest BCUT2D eigenvalue weighted by Crippen LogP contribution is 2.43. The topological polar surface area (TPSA) is 49.7 Å². The molecule has 1 aliphatic carbocycles. The van der Waals surface area contributed by atoms with Gasteiger partial charge in [-0.1, -0.05) is 12.6 Å². The van der Waals surface area contributed by atoms with Crippen LogP contribution >= 0.6 is 56.5 Å². The van der Waals surface area contributed by atoms with Crippen LogP contribution in [-0.4, -0.2) is 24.7 Å². The van der Waals surface area contributed by atoms with Crippen molar-refractivity contribution in [3.63, 3.8) is 0 Å². The van der Waals surface area contributed by atoms with Crippen molar-refractivity contribution in [1.29, 1.82) is 0 Å². The Kier molecular flexibility index (Phi) is 5.06. The Bertz CT molecular complexity index is 1080. The Labute approximate surface area is 189 Å². The Balaban J connectivity index is 2.09. The van der Waals surface area contributed by atoms with Gasteiger partial charge >= 0.3 is 0 Å². The molecule has 0 amide bonds. The molecule has 1 unspecified atom stereocenters. The molecule has 2 aromatic rings. The highest BCUT2D eigenvalue weighted by molar-refractivity contribution is 14.1. The number of ketones is 1.